The first-order chi connectivity index (χ1) is 12.7. The molecule has 0 atom stereocenters. The zero-order valence-corrected chi connectivity index (χ0v) is 15.0. The predicted octanol–water partition coefficient (Wildman–Crippen LogP) is 2.65. The topological polar surface area (TPSA) is 75.8 Å². The third-order valence-electron chi connectivity index (χ3n) is 4.72. The fourth-order valence-electron chi connectivity index (χ4n) is 3.26. The van der Waals surface area contributed by atoms with Crippen molar-refractivity contribution in [2.45, 2.75) is 13.3 Å². The Kier molecular flexibility index (Phi) is 5.82. The van der Waals surface area contributed by atoms with Gasteiger partial charge in [0.15, 0.2) is 0 Å². The molecule has 0 bridgehead atoms. The third-order valence-corrected chi connectivity index (χ3v) is 4.72. The van der Waals surface area contributed by atoms with Crippen LogP contribution < -0.4 is 4.90 Å². The standard InChI is InChI=1S/C20H23N5O/c1-16-4-2-5-17(14-16)19(23-26)7-9-24-10-12-25(13-11-24)20-18(15-21)6-3-8-22-20/h2-6,8,14,26H,7,9-13H2,1H3. The molecule has 1 saturated heterocycles. The van der Waals surface area contributed by atoms with Crippen molar-refractivity contribution >= 4 is 11.5 Å². The van der Waals surface area contributed by atoms with Crippen LogP contribution in [0.15, 0.2) is 47.8 Å². The number of oxime groups is 1. The number of benzene rings is 1. The van der Waals surface area contributed by atoms with Crippen LogP contribution in [-0.2, 0) is 0 Å². The van der Waals surface area contributed by atoms with Crippen LogP contribution >= 0.6 is 0 Å². The highest BCUT2D eigenvalue weighted by Gasteiger charge is 2.20. The van der Waals surface area contributed by atoms with Gasteiger partial charge in [-0.15, -0.1) is 0 Å². The first-order valence-electron chi connectivity index (χ1n) is 8.81. The van der Waals surface area contributed by atoms with Crippen molar-refractivity contribution in [2.24, 2.45) is 5.16 Å². The smallest absolute Gasteiger partial charge is 0.146 e. The molecule has 0 amide bonds. The zero-order valence-electron chi connectivity index (χ0n) is 15.0. The van der Waals surface area contributed by atoms with Gasteiger partial charge in [-0.05, 0) is 24.6 Å². The van der Waals surface area contributed by atoms with Crippen LogP contribution in [0.3, 0.4) is 0 Å². The Morgan fingerprint density at radius 1 is 1.23 bits per heavy atom. The van der Waals surface area contributed by atoms with Crippen molar-refractivity contribution in [3.05, 3.63) is 59.3 Å². The summed E-state index contributed by atoms with van der Waals surface area (Å²) in [5.41, 5.74) is 3.46. The quantitative estimate of drug-likeness (QED) is 0.510. The van der Waals surface area contributed by atoms with Crippen LogP contribution in [-0.4, -0.2) is 53.5 Å². The molecule has 3 rings (SSSR count). The number of aryl methyl sites for hydroxylation is 1. The molecular formula is C20H23N5O. The average molecular weight is 349 g/mol. The van der Waals surface area contributed by atoms with Crippen molar-refractivity contribution in [2.75, 3.05) is 37.6 Å². The molecule has 0 radical (unpaired) electrons. The SMILES string of the molecule is Cc1cccc(C(CCN2CCN(c3ncccc3C#N)CC2)=NO)c1. The van der Waals surface area contributed by atoms with E-state index in [-0.39, 0.29) is 0 Å². The number of nitriles is 1. The van der Waals surface area contributed by atoms with E-state index >= 15 is 0 Å². The second kappa shape index (κ2) is 8.45. The minimum Gasteiger partial charge on any atom is -0.411 e. The molecule has 1 aromatic carbocycles. The van der Waals surface area contributed by atoms with E-state index in [1.54, 1.807) is 18.3 Å². The molecule has 1 aliphatic heterocycles. The largest absolute Gasteiger partial charge is 0.411 e. The molecule has 26 heavy (non-hydrogen) atoms. The maximum absolute atomic E-state index is 9.37. The Morgan fingerprint density at radius 3 is 2.73 bits per heavy atom. The molecular weight excluding hydrogens is 326 g/mol. The normalized spacial score (nSPS) is 15.7. The van der Waals surface area contributed by atoms with Gasteiger partial charge in [0.1, 0.15) is 11.9 Å². The van der Waals surface area contributed by atoms with E-state index in [4.69, 9.17) is 0 Å². The fourth-order valence-corrected chi connectivity index (χ4v) is 3.26. The molecule has 1 aliphatic rings. The van der Waals surface area contributed by atoms with E-state index in [9.17, 15) is 10.5 Å². The molecule has 1 N–H and O–H groups in total. The van der Waals surface area contributed by atoms with Gasteiger partial charge in [-0.3, -0.25) is 4.90 Å². The van der Waals surface area contributed by atoms with Crippen LogP contribution in [0.2, 0.25) is 0 Å². The van der Waals surface area contributed by atoms with Gasteiger partial charge in [-0.1, -0.05) is 35.0 Å². The summed E-state index contributed by atoms with van der Waals surface area (Å²) in [7, 11) is 0. The number of nitrogens with zero attached hydrogens (tertiary/aromatic N) is 5. The maximum atomic E-state index is 9.37. The van der Waals surface area contributed by atoms with Gasteiger partial charge in [-0.25, -0.2) is 4.98 Å². The Labute approximate surface area is 154 Å². The Bertz CT molecular complexity index is 819. The molecule has 6 nitrogen and oxygen atoms in total. The lowest BCUT2D eigenvalue weighted by Crippen LogP contribution is -2.47. The summed E-state index contributed by atoms with van der Waals surface area (Å²) in [6.45, 7) is 6.34. The van der Waals surface area contributed by atoms with Crippen molar-refractivity contribution in [3.63, 3.8) is 0 Å². The summed E-state index contributed by atoms with van der Waals surface area (Å²) >= 11 is 0. The van der Waals surface area contributed by atoms with Crippen LogP contribution in [0.25, 0.3) is 0 Å². The number of hydrogen-bond donors (Lipinski definition) is 1. The summed E-state index contributed by atoms with van der Waals surface area (Å²) in [4.78, 5) is 8.88. The Morgan fingerprint density at radius 2 is 2.04 bits per heavy atom. The van der Waals surface area contributed by atoms with E-state index in [1.807, 2.05) is 31.2 Å². The van der Waals surface area contributed by atoms with Gasteiger partial charge < -0.3 is 10.1 Å². The number of piperazine rings is 1. The van der Waals surface area contributed by atoms with Gasteiger partial charge in [0, 0.05) is 45.3 Å². The fraction of sp³-hybridized carbons (Fsp3) is 0.350. The third kappa shape index (κ3) is 4.19. The minimum atomic E-state index is 0.620. The number of anilines is 1. The second-order valence-corrected chi connectivity index (χ2v) is 6.48. The molecule has 0 unspecified atom stereocenters. The number of pyridine rings is 1. The molecule has 0 saturated carbocycles. The lowest BCUT2D eigenvalue weighted by Gasteiger charge is -2.35. The zero-order chi connectivity index (χ0) is 18.4. The van der Waals surface area contributed by atoms with Gasteiger partial charge in [0.05, 0.1) is 11.3 Å². The second-order valence-electron chi connectivity index (χ2n) is 6.48. The summed E-state index contributed by atoms with van der Waals surface area (Å²) in [5.74, 6) is 0.770. The lowest BCUT2D eigenvalue weighted by atomic mass is 10.0. The first kappa shape index (κ1) is 17.9. The minimum absolute atomic E-state index is 0.620. The highest BCUT2D eigenvalue weighted by atomic mass is 16.4. The first-order valence-corrected chi connectivity index (χ1v) is 8.81. The van der Waals surface area contributed by atoms with Crippen LogP contribution in [0.4, 0.5) is 5.82 Å². The molecule has 0 spiro atoms. The average Bonchev–Trinajstić information content (AvgIpc) is 2.69. The Hall–Kier alpha value is -2.91. The molecule has 2 aromatic rings. The highest BCUT2D eigenvalue weighted by molar-refractivity contribution is 6.00. The Balaban J connectivity index is 1.55. The summed E-state index contributed by atoms with van der Waals surface area (Å²) in [5, 5.41) is 22.1. The van der Waals surface area contributed by atoms with Crippen LogP contribution in [0.5, 0.6) is 0 Å². The predicted molar refractivity (Wildman–Crippen MR) is 102 cm³/mol. The lowest BCUT2D eigenvalue weighted by molar-refractivity contribution is 0.262. The summed E-state index contributed by atoms with van der Waals surface area (Å²) < 4.78 is 0. The molecule has 1 aromatic heterocycles. The van der Waals surface area contributed by atoms with E-state index in [0.717, 1.165) is 49.7 Å². The van der Waals surface area contributed by atoms with E-state index in [1.165, 1.54) is 0 Å². The van der Waals surface area contributed by atoms with Crippen LogP contribution in [0.1, 0.15) is 23.1 Å². The van der Waals surface area contributed by atoms with Crippen molar-refractivity contribution in [3.8, 4) is 6.07 Å². The van der Waals surface area contributed by atoms with Crippen molar-refractivity contribution in [1.29, 1.82) is 5.26 Å². The molecule has 0 aliphatic carbocycles. The van der Waals surface area contributed by atoms with E-state index < -0.39 is 0 Å². The molecule has 134 valence electrons. The molecule has 2 heterocycles. The monoisotopic (exact) mass is 349 g/mol. The molecule has 6 heteroatoms. The van der Waals surface area contributed by atoms with Crippen LogP contribution in [0, 0.1) is 18.3 Å². The number of hydrogen-bond acceptors (Lipinski definition) is 6. The number of aromatic nitrogens is 1. The summed E-state index contributed by atoms with van der Waals surface area (Å²) in [6, 6.07) is 13.8. The number of rotatable bonds is 5. The highest BCUT2D eigenvalue weighted by Crippen LogP contribution is 2.18. The van der Waals surface area contributed by atoms with Gasteiger partial charge in [0.25, 0.3) is 0 Å². The maximum Gasteiger partial charge on any atom is 0.146 e. The van der Waals surface area contributed by atoms with E-state index in [0.29, 0.717) is 17.7 Å². The van der Waals surface area contributed by atoms with Crippen molar-refractivity contribution < 1.29 is 5.21 Å². The van der Waals surface area contributed by atoms with Crippen molar-refractivity contribution in [1.82, 2.24) is 9.88 Å². The van der Waals surface area contributed by atoms with Gasteiger partial charge in [0.2, 0.25) is 0 Å². The van der Waals surface area contributed by atoms with Gasteiger partial charge in [-0.2, -0.15) is 5.26 Å². The summed E-state index contributed by atoms with van der Waals surface area (Å²) in [6.07, 6.45) is 2.43. The van der Waals surface area contributed by atoms with E-state index in [2.05, 4.69) is 26.0 Å². The molecule has 1 fully saturated rings. The van der Waals surface area contributed by atoms with Gasteiger partial charge >= 0.3 is 0 Å².